The van der Waals surface area contributed by atoms with Crippen LogP contribution in [-0.2, 0) is 16.1 Å². The largest absolute Gasteiger partial charge is 0.493 e. The van der Waals surface area contributed by atoms with Crippen LogP contribution in [0.25, 0.3) is 11.4 Å². The first-order chi connectivity index (χ1) is 22.4. The number of nitrogens with zero attached hydrogens (tertiary/aromatic N) is 5. The Labute approximate surface area is 269 Å². The Bertz CT molecular complexity index is 1640. The molecule has 2 heterocycles. The van der Waals surface area contributed by atoms with Gasteiger partial charge in [-0.05, 0) is 91.8 Å². The van der Waals surface area contributed by atoms with Crippen molar-refractivity contribution in [2.45, 2.75) is 89.3 Å². The lowest BCUT2D eigenvalue weighted by Gasteiger charge is -2.31. The van der Waals surface area contributed by atoms with Gasteiger partial charge in [-0.3, -0.25) is 14.5 Å². The summed E-state index contributed by atoms with van der Waals surface area (Å²) in [4.78, 5) is 31.2. The molecule has 0 saturated heterocycles. The summed E-state index contributed by atoms with van der Waals surface area (Å²) in [6.07, 6.45) is 10.1. The molecular formula is C35H42N6O5. The minimum Gasteiger partial charge on any atom is -0.493 e. The number of methoxy groups -OCH3 is 2. The van der Waals surface area contributed by atoms with Crippen LogP contribution in [0.4, 0.5) is 5.69 Å². The van der Waals surface area contributed by atoms with Crippen LogP contribution in [0.15, 0.2) is 59.0 Å². The minimum absolute atomic E-state index is 0.0673. The molecule has 0 unspecified atom stereocenters. The molecule has 1 atom stereocenters. The molecule has 4 aromatic rings. The van der Waals surface area contributed by atoms with Crippen molar-refractivity contribution in [1.82, 2.24) is 25.5 Å². The second kappa shape index (κ2) is 14.2. The van der Waals surface area contributed by atoms with Crippen molar-refractivity contribution in [2.75, 3.05) is 19.1 Å². The third-order valence-corrected chi connectivity index (χ3v) is 9.13. The van der Waals surface area contributed by atoms with E-state index in [1.54, 1.807) is 38.5 Å². The lowest BCUT2D eigenvalue weighted by atomic mass is 9.84. The van der Waals surface area contributed by atoms with Crippen molar-refractivity contribution in [3.05, 3.63) is 71.7 Å². The molecule has 6 rings (SSSR count). The Morgan fingerprint density at radius 3 is 2.33 bits per heavy atom. The lowest BCUT2D eigenvalue weighted by Crippen LogP contribution is -2.47. The molecule has 0 spiro atoms. The molecule has 242 valence electrons. The topological polar surface area (TPSA) is 125 Å². The fourth-order valence-electron chi connectivity index (χ4n) is 6.70. The Hall–Kier alpha value is -4.67. The van der Waals surface area contributed by atoms with E-state index in [4.69, 9.17) is 13.9 Å². The predicted octanol–water partition coefficient (Wildman–Crippen LogP) is 6.14. The molecule has 2 aliphatic carbocycles. The van der Waals surface area contributed by atoms with Gasteiger partial charge in [0.05, 0.1) is 14.2 Å². The average molecular weight is 627 g/mol. The van der Waals surface area contributed by atoms with Crippen LogP contribution in [0.1, 0.15) is 86.8 Å². The maximum atomic E-state index is 14.3. The monoisotopic (exact) mass is 626 g/mol. The van der Waals surface area contributed by atoms with Gasteiger partial charge in [-0.2, -0.15) is 4.80 Å². The van der Waals surface area contributed by atoms with Crippen molar-refractivity contribution in [3.8, 4) is 22.9 Å². The van der Waals surface area contributed by atoms with E-state index < -0.39 is 6.04 Å². The highest BCUT2D eigenvalue weighted by molar-refractivity contribution is 6.01. The van der Waals surface area contributed by atoms with E-state index in [0.29, 0.717) is 46.0 Å². The smallest absolute Gasteiger partial charge is 0.251 e. The Kier molecular flexibility index (Phi) is 9.65. The van der Waals surface area contributed by atoms with Crippen LogP contribution < -0.4 is 19.7 Å². The Morgan fingerprint density at radius 2 is 1.65 bits per heavy atom. The number of amides is 2. The number of hydrogen-bond acceptors (Lipinski definition) is 8. The van der Waals surface area contributed by atoms with Gasteiger partial charge in [0.1, 0.15) is 18.1 Å². The number of tetrazole rings is 1. The molecule has 2 aromatic carbocycles. The van der Waals surface area contributed by atoms with E-state index in [-0.39, 0.29) is 24.4 Å². The van der Waals surface area contributed by atoms with Crippen LogP contribution >= 0.6 is 0 Å². The molecule has 2 amide bonds. The summed E-state index contributed by atoms with van der Waals surface area (Å²) >= 11 is 0. The highest BCUT2D eigenvalue weighted by Gasteiger charge is 2.37. The highest BCUT2D eigenvalue weighted by Crippen LogP contribution is 2.36. The van der Waals surface area contributed by atoms with Gasteiger partial charge >= 0.3 is 0 Å². The maximum Gasteiger partial charge on any atom is 0.251 e. The van der Waals surface area contributed by atoms with Crippen molar-refractivity contribution >= 4 is 17.5 Å². The summed E-state index contributed by atoms with van der Waals surface area (Å²) in [5, 5.41) is 16.1. The molecule has 0 aliphatic heterocycles. The summed E-state index contributed by atoms with van der Waals surface area (Å²) in [6, 6.07) is 16.0. The Morgan fingerprint density at radius 1 is 0.935 bits per heavy atom. The second-order valence-corrected chi connectivity index (χ2v) is 12.2. The van der Waals surface area contributed by atoms with Crippen molar-refractivity contribution in [2.24, 2.45) is 0 Å². The molecule has 2 aliphatic rings. The van der Waals surface area contributed by atoms with Gasteiger partial charge in [0.15, 0.2) is 17.5 Å². The molecule has 2 aromatic heterocycles. The number of benzene rings is 2. The van der Waals surface area contributed by atoms with Crippen molar-refractivity contribution < 1.29 is 23.5 Å². The van der Waals surface area contributed by atoms with E-state index >= 15 is 0 Å². The zero-order valence-electron chi connectivity index (χ0n) is 26.8. The highest BCUT2D eigenvalue weighted by atomic mass is 16.5. The normalized spacial score (nSPS) is 16.2. The fourth-order valence-corrected chi connectivity index (χ4v) is 6.70. The quantitative estimate of drug-likeness (QED) is 0.211. The summed E-state index contributed by atoms with van der Waals surface area (Å²) < 4.78 is 16.8. The lowest BCUT2D eigenvalue weighted by molar-refractivity contribution is -0.128. The van der Waals surface area contributed by atoms with E-state index in [2.05, 4.69) is 32.9 Å². The molecule has 2 fully saturated rings. The molecule has 0 radical (unpaired) electrons. The van der Waals surface area contributed by atoms with Crippen molar-refractivity contribution in [3.63, 3.8) is 0 Å². The molecule has 11 nitrogen and oxygen atoms in total. The number of ether oxygens (including phenoxy) is 2. The van der Waals surface area contributed by atoms with E-state index in [1.807, 2.05) is 25.1 Å². The number of furan rings is 1. The number of anilines is 1. The van der Waals surface area contributed by atoms with Crippen LogP contribution in [0.3, 0.4) is 0 Å². The van der Waals surface area contributed by atoms with Gasteiger partial charge < -0.3 is 19.2 Å². The third-order valence-electron chi connectivity index (χ3n) is 9.13. The average Bonchev–Trinajstić information content (AvgIpc) is 3.87. The number of rotatable bonds is 11. The van der Waals surface area contributed by atoms with E-state index in [1.165, 1.54) is 47.4 Å². The van der Waals surface area contributed by atoms with Gasteiger partial charge in [0.25, 0.3) is 11.8 Å². The van der Waals surface area contributed by atoms with Gasteiger partial charge in [0, 0.05) is 17.3 Å². The number of carbonyl (C=O) groups excluding carboxylic acids is 2. The molecule has 46 heavy (non-hydrogen) atoms. The molecule has 1 N–H and O–H groups in total. The SMILES string of the molecule is COc1ccc(-c2nnn(CC(=O)N(c3ccc(C4CCCCC4)cc3)[C@@H](C(=O)NC3CCCC3)c3ccc(C)o3)n2)cc1OC. The van der Waals surface area contributed by atoms with Crippen LogP contribution in [0.2, 0.25) is 0 Å². The van der Waals surface area contributed by atoms with Crippen LogP contribution in [-0.4, -0.2) is 52.3 Å². The van der Waals surface area contributed by atoms with Gasteiger partial charge in [-0.25, -0.2) is 0 Å². The van der Waals surface area contributed by atoms with Crippen LogP contribution in [0.5, 0.6) is 11.5 Å². The first-order valence-electron chi connectivity index (χ1n) is 16.2. The first-order valence-corrected chi connectivity index (χ1v) is 16.2. The van der Waals surface area contributed by atoms with Gasteiger partial charge in [0.2, 0.25) is 5.82 Å². The van der Waals surface area contributed by atoms with Crippen molar-refractivity contribution in [1.29, 1.82) is 0 Å². The Balaban J connectivity index is 1.33. The summed E-state index contributed by atoms with van der Waals surface area (Å²) in [6.45, 7) is 1.59. The number of nitrogens with one attached hydrogen (secondary N) is 1. The van der Waals surface area contributed by atoms with E-state index in [0.717, 1.165) is 25.7 Å². The number of aryl methyl sites for hydroxylation is 1. The van der Waals surface area contributed by atoms with E-state index in [9.17, 15) is 9.59 Å². The molecule has 11 heteroatoms. The summed E-state index contributed by atoms with van der Waals surface area (Å²) in [5.74, 6) is 2.35. The van der Waals surface area contributed by atoms with Crippen LogP contribution in [0, 0.1) is 6.92 Å². The second-order valence-electron chi connectivity index (χ2n) is 12.2. The van der Waals surface area contributed by atoms with Gasteiger partial charge in [-0.15, -0.1) is 10.2 Å². The standard InChI is InChI=1S/C35H42N6O5/c1-23-13-19-30(46-23)33(35(43)36-27-11-7-8-12-27)41(28-17-14-25(15-18-28)24-9-5-4-6-10-24)32(42)22-40-38-34(37-39-40)26-16-20-29(44-2)31(21-26)45-3/h13-21,24,27,33H,4-12,22H2,1-3H3,(H,36,43)/t33-/m1/s1. The summed E-state index contributed by atoms with van der Waals surface area (Å²) in [7, 11) is 3.12. The zero-order chi connectivity index (χ0) is 32.0. The number of hydrogen-bond donors (Lipinski definition) is 1. The third kappa shape index (κ3) is 6.93. The fraction of sp³-hybridized carbons (Fsp3) is 0.457. The summed E-state index contributed by atoms with van der Waals surface area (Å²) in [5.41, 5.74) is 2.52. The van der Waals surface area contributed by atoms with Gasteiger partial charge in [-0.1, -0.05) is 44.2 Å². The molecule has 2 saturated carbocycles. The maximum absolute atomic E-state index is 14.3. The number of carbonyl (C=O) groups is 2. The first kappa shape index (κ1) is 31.3. The predicted molar refractivity (Wildman–Crippen MR) is 173 cm³/mol. The zero-order valence-corrected chi connectivity index (χ0v) is 26.8. The molecular weight excluding hydrogens is 584 g/mol. The molecule has 0 bridgehead atoms. The number of aromatic nitrogens is 4. The minimum atomic E-state index is -1.02.